The largest absolute Gasteiger partial charge is 0.308 e. The Morgan fingerprint density at radius 2 is 1.93 bits per heavy atom. The van der Waals surface area contributed by atoms with Gasteiger partial charge in [0.2, 0.25) is 0 Å². The van der Waals surface area contributed by atoms with Crippen molar-refractivity contribution in [2.45, 2.75) is 59.4 Å². The van der Waals surface area contributed by atoms with Gasteiger partial charge in [-0.3, -0.25) is 0 Å². The number of rotatable bonds is 4. The molecule has 0 unspecified atom stereocenters. The number of hydrogen-bond acceptors (Lipinski definition) is 1. The van der Waals surface area contributed by atoms with Gasteiger partial charge in [-0.15, -0.1) is 0 Å². The van der Waals surface area contributed by atoms with E-state index in [0.717, 1.165) is 12.5 Å². The lowest BCUT2D eigenvalue weighted by molar-refractivity contribution is 0.379. The maximum Gasteiger partial charge on any atom is 0.0172 e. The Bertz CT molecular complexity index is 216. The molecule has 0 atom stereocenters. The molecule has 0 radical (unpaired) electrons. The highest BCUT2D eigenvalue weighted by Crippen LogP contribution is 2.29. The van der Waals surface area contributed by atoms with Crippen LogP contribution in [0, 0.1) is 11.8 Å². The van der Waals surface area contributed by atoms with E-state index in [0.29, 0.717) is 5.92 Å². The van der Waals surface area contributed by atoms with Crippen LogP contribution in [-0.2, 0) is 0 Å². The third-order valence-electron chi connectivity index (χ3n) is 3.16. The minimum Gasteiger partial charge on any atom is -0.308 e. The van der Waals surface area contributed by atoms with Crippen LogP contribution in [0.15, 0.2) is 11.6 Å². The minimum atomic E-state index is 0.230. The molecule has 0 spiro atoms. The summed E-state index contributed by atoms with van der Waals surface area (Å²) in [4.78, 5) is 0. The monoisotopic (exact) mass is 209 g/mol. The van der Waals surface area contributed by atoms with Gasteiger partial charge in [-0.2, -0.15) is 0 Å². The second-order valence-electron chi connectivity index (χ2n) is 6.19. The molecule has 88 valence electrons. The van der Waals surface area contributed by atoms with Gasteiger partial charge in [0.05, 0.1) is 0 Å². The molecule has 1 N–H and O–H groups in total. The maximum atomic E-state index is 3.59. The zero-order valence-electron chi connectivity index (χ0n) is 11.1. The van der Waals surface area contributed by atoms with Crippen LogP contribution in [0.5, 0.6) is 0 Å². The van der Waals surface area contributed by atoms with Gasteiger partial charge < -0.3 is 5.32 Å². The minimum absolute atomic E-state index is 0.230. The Hall–Kier alpha value is -0.300. The molecule has 0 amide bonds. The topological polar surface area (TPSA) is 12.0 Å². The molecule has 1 rings (SSSR count). The molecule has 0 aromatic heterocycles. The average Bonchev–Trinajstić information content (AvgIpc) is 1.98. The lowest BCUT2D eigenvalue weighted by Crippen LogP contribution is -2.37. The van der Waals surface area contributed by atoms with Crippen LogP contribution in [0.1, 0.15) is 53.9 Å². The summed E-state index contributed by atoms with van der Waals surface area (Å²) in [6.45, 7) is 12.3. The number of allylic oxidation sites excluding steroid dienone is 1. The Balaban J connectivity index is 2.47. The van der Waals surface area contributed by atoms with Gasteiger partial charge in [0, 0.05) is 12.1 Å². The van der Waals surface area contributed by atoms with Crippen molar-refractivity contribution in [1.29, 1.82) is 0 Å². The normalized spacial score (nSPS) is 19.5. The van der Waals surface area contributed by atoms with Crippen molar-refractivity contribution in [2.75, 3.05) is 6.54 Å². The summed E-state index contributed by atoms with van der Waals surface area (Å²) < 4.78 is 0. The van der Waals surface area contributed by atoms with E-state index in [1.165, 1.54) is 19.3 Å². The fraction of sp³-hybridized carbons (Fsp3) is 0.857. The molecule has 0 aromatic rings. The average molecular weight is 209 g/mol. The first-order valence-electron chi connectivity index (χ1n) is 6.34. The maximum absolute atomic E-state index is 3.59. The number of hydrogen-bond donors (Lipinski definition) is 1. The molecule has 0 heterocycles. The van der Waals surface area contributed by atoms with E-state index >= 15 is 0 Å². The van der Waals surface area contributed by atoms with Crippen LogP contribution in [0.25, 0.3) is 0 Å². The Morgan fingerprint density at radius 3 is 2.27 bits per heavy atom. The molecule has 15 heavy (non-hydrogen) atoms. The molecule has 0 bridgehead atoms. The van der Waals surface area contributed by atoms with Crippen molar-refractivity contribution in [1.82, 2.24) is 5.32 Å². The lowest BCUT2D eigenvalue weighted by atomic mass is 9.82. The lowest BCUT2D eigenvalue weighted by Gasteiger charge is -2.27. The molecule has 1 saturated carbocycles. The van der Waals surface area contributed by atoms with Gasteiger partial charge in [-0.05, 0) is 45.4 Å². The molecule has 0 saturated heterocycles. The van der Waals surface area contributed by atoms with E-state index in [9.17, 15) is 0 Å². The highest BCUT2D eigenvalue weighted by Gasteiger charge is 2.17. The molecule has 1 aliphatic rings. The standard InChI is InChI=1S/C14H27N/c1-11(2)13(9-12-7-6-8-12)10-15-14(3,4)5/h9,11-12,15H,6-8,10H2,1-5H3. The molecular weight excluding hydrogens is 182 g/mol. The van der Waals surface area contributed by atoms with Gasteiger partial charge in [-0.1, -0.05) is 31.9 Å². The highest BCUT2D eigenvalue weighted by atomic mass is 14.9. The molecular formula is C14H27N. The van der Waals surface area contributed by atoms with Crippen LogP contribution in [-0.4, -0.2) is 12.1 Å². The molecule has 0 aliphatic heterocycles. The van der Waals surface area contributed by atoms with E-state index in [4.69, 9.17) is 0 Å². The van der Waals surface area contributed by atoms with E-state index in [2.05, 4.69) is 46.0 Å². The zero-order chi connectivity index (χ0) is 11.5. The van der Waals surface area contributed by atoms with E-state index in [1.54, 1.807) is 5.57 Å². The van der Waals surface area contributed by atoms with Crippen LogP contribution in [0.4, 0.5) is 0 Å². The summed E-state index contributed by atoms with van der Waals surface area (Å²) in [6, 6.07) is 0. The van der Waals surface area contributed by atoms with E-state index in [1.807, 2.05) is 0 Å². The van der Waals surface area contributed by atoms with E-state index < -0.39 is 0 Å². The zero-order valence-corrected chi connectivity index (χ0v) is 11.1. The molecule has 1 fully saturated rings. The van der Waals surface area contributed by atoms with Gasteiger partial charge in [0.1, 0.15) is 0 Å². The molecule has 1 nitrogen and oxygen atoms in total. The van der Waals surface area contributed by atoms with Gasteiger partial charge >= 0.3 is 0 Å². The fourth-order valence-corrected chi connectivity index (χ4v) is 1.73. The summed E-state index contributed by atoms with van der Waals surface area (Å²) in [5.41, 5.74) is 1.82. The first-order valence-corrected chi connectivity index (χ1v) is 6.34. The summed E-state index contributed by atoms with van der Waals surface area (Å²) >= 11 is 0. The van der Waals surface area contributed by atoms with Crippen LogP contribution < -0.4 is 5.32 Å². The predicted molar refractivity (Wildman–Crippen MR) is 68.0 cm³/mol. The summed E-state index contributed by atoms with van der Waals surface area (Å²) in [5.74, 6) is 1.56. The van der Waals surface area contributed by atoms with Crippen molar-refractivity contribution in [3.8, 4) is 0 Å². The smallest absolute Gasteiger partial charge is 0.0172 e. The summed E-state index contributed by atoms with van der Waals surface area (Å²) in [5, 5.41) is 3.59. The highest BCUT2D eigenvalue weighted by molar-refractivity contribution is 5.11. The van der Waals surface area contributed by atoms with Crippen LogP contribution in [0.3, 0.4) is 0 Å². The first-order chi connectivity index (χ1) is 6.88. The van der Waals surface area contributed by atoms with E-state index in [-0.39, 0.29) is 5.54 Å². The van der Waals surface area contributed by atoms with Gasteiger partial charge in [-0.25, -0.2) is 0 Å². The molecule has 1 aliphatic carbocycles. The van der Waals surface area contributed by atoms with Gasteiger partial charge in [0.25, 0.3) is 0 Å². The Labute approximate surface area is 95.3 Å². The second-order valence-corrected chi connectivity index (χ2v) is 6.19. The first kappa shape index (κ1) is 12.8. The Morgan fingerprint density at radius 1 is 1.33 bits per heavy atom. The number of nitrogens with one attached hydrogen (secondary N) is 1. The third-order valence-corrected chi connectivity index (χ3v) is 3.16. The van der Waals surface area contributed by atoms with Gasteiger partial charge in [0.15, 0.2) is 0 Å². The quantitative estimate of drug-likeness (QED) is 0.695. The second kappa shape index (κ2) is 5.16. The SMILES string of the molecule is CC(C)C(=CC1CCC1)CNC(C)(C)C. The van der Waals surface area contributed by atoms with Crippen LogP contribution >= 0.6 is 0 Å². The van der Waals surface area contributed by atoms with Crippen molar-refractivity contribution in [3.63, 3.8) is 0 Å². The Kier molecular flexibility index (Phi) is 4.39. The van der Waals surface area contributed by atoms with Crippen molar-refractivity contribution in [3.05, 3.63) is 11.6 Å². The predicted octanol–water partition coefficient (Wildman–Crippen LogP) is 3.76. The molecule has 1 heteroatoms. The summed E-state index contributed by atoms with van der Waals surface area (Å²) in [7, 11) is 0. The molecule has 0 aromatic carbocycles. The third kappa shape index (κ3) is 4.83. The fourth-order valence-electron chi connectivity index (χ4n) is 1.73. The summed E-state index contributed by atoms with van der Waals surface area (Å²) in [6.07, 6.45) is 6.77. The van der Waals surface area contributed by atoms with Crippen molar-refractivity contribution in [2.24, 2.45) is 11.8 Å². The van der Waals surface area contributed by atoms with Crippen molar-refractivity contribution < 1.29 is 0 Å². The van der Waals surface area contributed by atoms with Crippen molar-refractivity contribution >= 4 is 0 Å². The van der Waals surface area contributed by atoms with Crippen LogP contribution in [0.2, 0.25) is 0 Å².